The minimum Gasteiger partial charge on any atom is -0.361 e. The number of aromatic nitrogens is 1. The van der Waals surface area contributed by atoms with Crippen LogP contribution in [0.4, 0.5) is 0 Å². The van der Waals surface area contributed by atoms with Crippen molar-refractivity contribution in [3.05, 3.63) is 17.0 Å². The van der Waals surface area contributed by atoms with Crippen LogP contribution >= 0.6 is 0 Å². The zero-order valence-corrected chi connectivity index (χ0v) is 14.6. The zero-order valence-electron chi connectivity index (χ0n) is 13.8. The minimum atomic E-state index is -2.98. The summed E-state index contributed by atoms with van der Waals surface area (Å²) in [5.74, 6) is 1.52. The van der Waals surface area contributed by atoms with E-state index in [-0.39, 0.29) is 5.75 Å². The Kier molecular flexibility index (Phi) is 7.37. The lowest BCUT2D eigenvalue weighted by molar-refractivity contribution is 0.380. The van der Waals surface area contributed by atoms with Crippen molar-refractivity contribution in [2.24, 2.45) is 4.99 Å². The van der Waals surface area contributed by atoms with Crippen molar-refractivity contribution in [2.45, 2.75) is 40.2 Å². The van der Waals surface area contributed by atoms with E-state index in [1.807, 2.05) is 20.8 Å². The van der Waals surface area contributed by atoms with E-state index in [0.29, 0.717) is 25.6 Å². The Balaban J connectivity index is 2.75. The van der Waals surface area contributed by atoms with E-state index in [2.05, 4.69) is 20.8 Å². The second-order valence-electron chi connectivity index (χ2n) is 4.99. The molecule has 1 heterocycles. The molecule has 0 aromatic carbocycles. The molecule has 0 atom stereocenters. The molecule has 0 aliphatic carbocycles. The molecule has 2 N–H and O–H groups in total. The van der Waals surface area contributed by atoms with Crippen LogP contribution in [0, 0.1) is 0 Å². The summed E-state index contributed by atoms with van der Waals surface area (Å²) in [4.78, 5) is 4.49. The maximum Gasteiger partial charge on any atom is 0.191 e. The molecule has 0 aliphatic heterocycles. The van der Waals surface area contributed by atoms with E-state index >= 15 is 0 Å². The molecule has 8 heteroatoms. The van der Waals surface area contributed by atoms with Gasteiger partial charge in [-0.1, -0.05) is 19.0 Å². The van der Waals surface area contributed by atoms with Crippen LogP contribution in [0.15, 0.2) is 9.52 Å². The quantitative estimate of drug-likeness (QED) is 0.543. The molecule has 0 saturated carbocycles. The third-order valence-corrected chi connectivity index (χ3v) is 4.06. The Morgan fingerprint density at radius 3 is 2.50 bits per heavy atom. The van der Waals surface area contributed by atoms with Gasteiger partial charge in [0, 0.05) is 31.3 Å². The smallest absolute Gasteiger partial charge is 0.191 e. The molecule has 1 aromatic heterocycles. The fourth-order valence-corrected chi connectivity index (χ4v) is 2.44. The molecule has 1 aromatic rings. The summed E-state index contributed by atoms with van der Waals surface area (Å²) in [5, 5.41) is 10.2. The maximum atomic E-state index is 11.2. The predicted molar refractivity (Wildman–Crippen MR) is 87.8 cm³/mol. The Labute approximate surface area is 132 Å². The topological polar surface area (TPSA) is 96.6 Å². The molecule has 0 saturated heterocycles. The first kappa shape index (κ1) is 18.5. The summed E-state index contributed by atoms with van der Waals surface area (Å²) in [6, 6.07) is 0. The van der Waals surface area contributed by atoms with E-state index in [1.165, 1.54) is 6.26 Å². The highest BCUT2D eigenvalue weighted by atomic mass is 32.2. The summed E-state index contributed by atoms with van der Waals surface area (Å²) >= 11 is 0. The molecule has 22 heavy (non-hydrogen) atoms. The normalized spacial score (nSPS) is 12.5. The summed E-state index contributed by atoms with van der Waals surface area (Å²) < 4.78 is 27.6. The number of rotatable bonds is 8. The lowest BCUT2D eigenvalue weighted by Gasteiger charge is -2.10. The van der Waals surface area contributed by atoms with E-state index in [0.717, 1.165) is 29.9 Å². The van der Waals surface area contributed by atoms with Gasteiger partial charge in [0.25, 0.3) is 0 Å². The molecule has 126 valence electrons. The average molecular weight is 330 g/mol. The van der Waals surface area contributed by atoms with Crippen molar-refractivity contribution in [1.82, 2.24) is 15.8 Å². The molecule has 1 rings (SSSR count). The maximum absolute atomic E-state index is 11.2. The number of hydrogen-bond acceptors (Lipinski definition) is 5. The van der Waals surface area contributed by atoms with Gasteiger partial charge >= 0.3 is 0 Å². The standard InChI is InChI=1S/C14H26N4O3S/c1-5-12-11(13(6-2)21-18-12)10-17-14(15-7-3)16-8-9-22(4,19)20/h5-10H2,1-4H3,(H2,15,16,17). The lowest BCUT2D eigenvalue weighted by atomic mass is 10.1. The Bertz CT molecular complexity index is 572. The van der Waals surface area contributed by atoms with E-state index in [4.69, 9.17) is 4.52 Å². The molecule has 0 unspecified atom stereocenters. The highest BCUT2D eigenvalue weighted by molar-refractivity contribution is 7.90. The fourth-order valence-electron chi connectivity index (χ4n) is 1.97. The number of aryl methyl sites for hydroxylation is 2. The molecule has 0 bridgehead atoms. The minimum absolute atomic E-state index is 0.0745. The van der Waals surface area contributed by atoms with Gasteiger partial charge in [-0.15, -0.1) is 0 Å². The van der Waals surface area contributed by atoms with Crippen LogP contribution in [0.1, 0.15) is 37.8 Å². The van der Waals surface area contributed by atoms with Gasteiger partial charge in [-0.3, -0.25) is 0 Å². The van der Waals surface area contributed by atoms with Gasteiger partial charge in [-0.25, -0.2) is 13.4 Å². The Morgan fingerprint density at radius 1 is 1.23 bits per heavy atom. The number of hydrogen-bond donors (Lipinski definition) is 2. The van der Waals surface area contributed by atoms with Crippen LogP contribution in [-0.2, 0) is 29.2 Å². The SMILES string of the molecule is CCNC(=NCc1c(CC)noc1CC)NCCS(C)(=O)=O. The van der Waals surface area contributed by atoms with Gasteiger partial charge < -0.3 is 15.2 Å². The first-order valence-electron chi connectivity index (χ1n) is 7.57. The first-order valence-corrected chi connectivity index (χ1v) is 9.63. The van der Waals surface area contributed by atoms with Crippen LogP contribution in [-0.4, -0.2) is 44.6 Å². The predicted octanol–water partition coefficient (Wildman–Crippen LogP) is 0.899. The van der Waals surface area contributed by atoms with Gasteiger partial charge in [0.2, 0.25) is 0 Å². The molecule has 0 fully saturated rings. The van der Waals surface area contributed by atoms with Crippen LogP contribution < -0.4 is 10.6 Å². The Morgan fingerprint density at radius 2 is 1.95 bits per heavy atom. The molecule has 0 aliphatic rings. The third-order valence-electron chi connectivity index (χ3n) is 3.11. The van der Waals surface area contributed by atoms with Gasteiger partial charge in [-0.05, 0) is 13.3 Å². The average Bonchev–Trinajstić information content (AvgIpc) is 2.85. The number of sulfone groups is 1. The molecule has 7 nitrogen and oxygen atoms in total. The highest BCUT2D eigenvalue weighted by Gasteiger charge is 2.13. The van der Waals surface area contributed by atoms with Crippen LogP contribution in [0.25, 0.3) is 0 Å². The number of guanidine groups is 1. The molecule has 0 amide bonds. The second-order valence-corrected chi connectivity index (χ2v) is 7.25. The molecular formula is C14H26N4O3S. The number of nitrogens with one attached hydrogen (secondary N) is 2. The molecular weight excluding hydrogens is 304 g/mol. The van der Waals surface area contributed by atoms with Gasteiger partial charge in [-0.2, -0.15) is 0 Å². The highest BCUT2D eigenvalue weighted by Crippen LogP contribution is 2.16. The van der Waals surface area contributed by atoms with Crippen LogP contribution in [0.5, 0.6) is 0 Å². The van der Waals surface area contributed by atoms with Crippen LogP contribution in [0.2, 0.25) is 0 Å². The van der Waals surface area contributed by atoms with Crippen molar-refractivity contribution in [1.29, 1.82) is 0 Å². The fraction of sp³-hybridized carbons (Fsp3) is 0.714. The van der Waals surface area contributed by atoms with Crippen molar-refractivity contribution < 1.29 is 12.9 Å². The first-order chi connectivity index (χ1) is 10.4. The third kappa shape index (κ3) is 6.05. The van der Waals surface area contributed by atoms with Crippen molar-refractivity contribution in [3.63, 3.8) is 0 Å². The van der Waals surface area contributed by atoms with E-state index < -0.39 is 9.84 Å². The summed E-state index contributed by atoms with van der Waals surface area (Å²) in [6.07, 6.45) is 2.79. The number of aliphatic imine (C=N–C) groups is 1. The second kappa shape index (κ2) is 8.77. The Hall–Kier alpha value is -1.57. The molecule has 0 radical (unpaired) electrons. The van der Waals surface area contributed by atoms with Crippen LogP contribution in [0.3, 0.4) is 0 Å². The summed E-state index contributed by atoms with van der Waals surface area (Å²) in [6.45, 7) is 7.50. The zero-order chi connectivity index (χ0) is 16.6. The molecule has 0 spiro atoms. The van der Waals surface area contributed by atoms with Gasteiger partial charge in [0.05, 0.1) is 18.0 Å². The van der Waals surface area contributed by atoms with E-state index in [1.54, 1.807) is 0 Å². The van der Waals surface area contributed by atoms with Crippen molar-refractivity contribution in [3.8, 4) is 0 Å². The summed E-state index contributed by atoms with van der Waals surface area (Å²) in [5.41, 5.74) is 1.94. The van der Waals surface area contributed by atoms with Gasteiger partial charge in [0.15, 0.2) is 5.96 Å². The van der Waals surface area contributed by atoms with E-state index in [9.17, 15) is 8.42 Å². The number of nitrogens with zero attached hydrogens (tertiary/aromatic N) is 2. The van der Waals surface area contributed by atoms with Gasteiger partial charge in [0.1, 0.15) is 15.6 Å². The monoisotopic (exact) mass is 330 g/mol. The van der Waals surface area contributed by atoms with Crippen molar-refractivity contribution >= 4 is 15.8 Å². The van der Waals surface area contributed by atoms with Crippen molar-refractivity contribution in [2.75, 3.05) is 25.1 Å². The summed E-state index contributed by atoms with van der Waals surface area (Å²) in [7, 11) is -2.98. The lowest BCUT2D eigenvalue weighted by Crippen LogP contribution is -2.39. The largest absolute Gasteiger partial charge is 0.361 e.